The van der Waals surface area contributed by atoms with Crippen molar-refractivity contribution in [3.05, 3.63) is 60.6 Å². The number of ether oxygens (including phenoxy) is 1. The second-order valence-electron chi connectivity index (χ2n) is 4.60. The number of carbonyl (C=O) groups is 1. The molecule has 0 aliphatic carbocycles. The topological polar surface area (TPSA) is 68.5 Å². The van der Waals surface area contributed by atoms with Gasteiger partial charge < -0.3 is 10.1 Å². The lowest BCUT2D eigenvalue weighted by atomic mass is 10.2. The Morgan fingerprint density at radius 2 is 2.27 bits per heavy atom. The van der Waals surface area contributed by atoms with Gasteiger partial charge in [-0.3, -0.25) is 0 Å². The van der Waals surface area contributed by atoms with E-state index in [0.717, 1.165) is 16.7 Å². The molecular formula is C16H18N4O2. The molecule has 2 heterocycles. The summed E-state index contributed by atoms with van der Waals surface area (Å²) < 4.78 is 6.39. The number of anilines is 1. The first kappa shape index (κ1) is 15.5. The van der Waals surface area contributed by atoms with Crippen LogP contribution in [0.4, 0.5) is 5.82 Å². The van der Waals surface area contributed by atoms with Gasteiger partial charge in [-0.25, -0.2) is 14.3 Å². The molecule has 0 aromatic carbocycles. The fourth-order valence-electron chi connectivity index (χ4n) is 2.14. The van der Waals surface area contributed by atoms with Crippen molar-refractivity contribution in [2.24, 2.45) is 0 Å². The van der Waals surface area contributed by atoms with Crippen molar-refractivity contribution in [2.75, 3.05) is 19.0 Å². The van der Waals surface area contributed by atoms with Gasteiger partial charge in [0.2, 0.25) is 0 Å². The van der Waals surface area contributed by atoms with E-state index in [4.69, 9.17) is 4.74 Å². The molecule has 22 heavy (non-hydrogen) atoms. The van der Waals surface area contributed by atoms with Crippen LogP contribution < -0.4 is 5.32 Å². The number of esters is 1. The van der Waals surface area contributed by atoms with Gasteiger partial charge in [0.25, 0.3) is 0 Å². The maximum Gasteiger partial charge on any atom is 0.339 e. The zero-order valence-electron chi connectivity index (χ0n) is 12.7. The zero-order valence-corrected chi connectivity index (χ0v) is 12.7. The van der Waals surface area contributed by atoms with E-state index in [9.17, 15) is 4.79 Å². The molecule has 2 aromatic rings. The number of rotatable bonds is 6. The van der Waals surface area contributed by atoms with Crippen LogP contribution >= 0.6 is 0 Å². The van der Waals surface area contributed by atoms with Crippen molar-refractivity contribution in [1.82, 2.24) is 14.6 Å². The van der Waals surface area contributed by atoms with Crippen LogP contribution in [0.25, 0.3) is 5.52 Å². The molecule has 0 saturated carbocycles. The van der Waals surface area contributed by atoms with Crippen LogP contribution in [0.1, 0.15) is 15.9 Å². The summed E-state index contributed by atoms with van der Waals surface area (Å²) in [5.41, 5.74) is 2.95. The smallest absolute Gasteiger partial charge is 0.339 e. The number of hydrogen-bond acceptors (Lipinski definition) is 5. The molecule has 114 valence electrons. The van der Waals surface area contributed by atoms with Gasteiger partial charge in [0, 0.05) is 12.7 Å². The van der Waals surface area contributed by atoms with Gasteiger partial charge in [-0.2, -0.15) is 5.10 Å². The third-order valence-corrected chi connectivity index (χ3v) is 3.29. The predicted molar refractivity (Wildman–Crippen MR) is 86.0 cm³/mol. The molecule has 0 unspecified atom stereocenters. The first-order chi connectivity index (χ1) is 10.6. The second kappa shape index (κ2) is 6.71. The van der Waals surface area contributed by atoms with Crippen molar-refractivity contribution in [3.63, 3.8) is 0 Å². The highest BCUT2D eigenvalue weighted by Crippen LogP contribution is 2.23. The monoisotopic (exact) mass is 298 g/mol. The minimum absolute atomic E-state index is 0.396. The molecule has 2 rings (SSSR count). The van der Waals surface area contributed by atoms with Gasteiger partial charge in [0.1, 0.15) is 11.8 Å². The van der Waals surface area contributed by atoms with Crippen LogP contribution in [-0.2, 0) is 4.74 Å². The van der Waals surface area contributed by atoms with Crippen LogP contribution in [0.2, 0.25) is 0 Å². The lowest BCUT2D eigenvalue weighted by Gasteiger charge is -2.08. The second-order valence-corrected chi connectivity index (χ2v) is 4.60. The van der Waals surface area contributed by atoms with Crippen molar-refractivity contribution < 1.29 is 9.53 Å². The highest BCUT2D eigenvalue weighted by molar-refractivity contribution is 5.95. The van der Waals surface area contributed by atoms with E-state index in [1.807, 2.05) is 13.0 Å². The summed E-state index contributed by atoms with van der Waals surface area (Å²) in [6.45, 7) is 9.80. The number of nitrogens with zero attached hydrogens (tertiary/aromatic N) is 3. The van der Waals surface area contributed by atoms with Crippen LogP contribution in [-0.4, -0.2) is 34.2 Å². The minimum atomic E-state index is -0.396. The number of nitrogens with one attached hydrogen (secondary N) is 1. The molecule has 0 amide bonds. The molecular weight excluding hydrogens is 280 g/mol. The molecule has 0 spiro atoms. The third kappa shape index (κ3) is 2.90. The van der Waals surface area contributed by atoms with Crippen LogP contribution in [0.3, 0.4) is 0 Å². The molecule has 1 N–H and O–H groups in total. The standard InChI is InChI=1S/C16H18N4O2/c1-5-7-12(6-2)8-17-15-14-11(3)13(16(21)22-4)9-20(14)19-10-18-15/h5-7,9-10H,1-2,8H2,3-4H3,(H,17,18,19)/b12-7+. The SMILES string of the molecule is C=C/C=C(\C=C)CNc1ncnn2cc(C(=O)OC)c(C)c12. The number of aromatic nitrogens is 3. The molecule has 6 heteroatoms. The van der Waals surface area contributed by atoms with E-state index >= 15 is 0 Å². The van der Waals surface area contributed by atoms with Crippen LogP contribution in [0.15, 0.2) is 49.5 Å². The Hall–Kier alpha value is -2.89. The van der Waals surface area contributed by atoms with E-state index in [-0.39, 0.29) is 0 Å². The number of methoxy groups -OCH3 is 1. The summed E-state index contributed by atoms with van der Waals surface area (Å²) >= 11 is 0. The number of fused-ring (bicyclic) bond motifs is 1. The van der Waals surface area contributed by atoms with Crippen molar-refractivity contribution in [3.8, 4) is 0 Å². The first-order valence-corrected chi connectivity index (χ1v) is 6.71. The zero-order chi connectivity index (χ0) is 16.1. The highest BCUT2D eigenvalue weighted by atomic mass is 16.5. The fraction of sp³-hybridized carbons (Fsp3) is 0.188. The van der Waals surface area contributed by atoms with E-state index in [1.165, 1.54) is 13.4 Å². The summed E-state index contributed by atoms with van der Waals surface area (Å²) in [5, 5.41) is 7.35. The number of aryl methyl sites for hydroxylation is 1. The molecule has 0 radical (unpaired) electrons. The normalized spacial score (nSPS) is 11.3. The van der Waals surface area contributed by atoms with E-state index < -0.39 is 5.97 Å². The van der Waals surface area contributed by atoms with Gasteiger partial charge in [-0.05, 0) is 18.1 Å². The van der Waals surface area contributed by atoms with Gasteiger partial charge >= 0.3 is 5.97 Å². The van der Waals surface area contributed by atoms with Gasteiger partial charge in [-0.15, -0.1) is 0 Å². The number of carbonyl (C=O) groups excluding carboxylic acids is 1. The quantitative estimate of drug-likeness (QED) is 0.655. The summed E-state index contributed by atoms with van der Waals surface area (Å²) in [4.78, 5) is 16.0. The van der Waals surface area contributed by atoms with E-state index in [0.29, 0.717) is 17.9 Å². The van der Waals surface area contributed by atoms with Gasteiger partial charge in [0.05, 0.1) is 12.7 Å². The minimum Gasteiger partial charge on any atom is -0.465 e. The van der Waals surface area contributed by atoms with E-state index in [1.54, 1.807) is 22.9 Å². The van der Waals surface area contributed by atoms with E-state index in [2.05, 4.69) is 28.6 Å². The lowest BCUT2D eigenvalue weighted by molar-refractivity contribution is 0.0600. The Bertz CT molecular complexity index is 759. The van der Waals surface area contributed by atoms with Gasteiger partial charge in [0.15, 0.2) is 5.82 Å². The summed E-state index contributed by atoms with van der Waals surface area (Å²) in [7, 11) is 1.35. The van der Waals surface area contributed by atoms with Crippen molar-refractivity contribution in [1.29, 1.82) is 0 Å². The Balaban J connectivity index is 2.40. The largest absolute Gasteiger partial charge is 0.465 e. The van der Waals surface area contributed by atoms with Crippen LogP contribution in [0.5, 0.6) is 0 Å². The van der Waals surface area contributed by atoms with Gasteiger partial charge in [-0.1, -0.05) is 31.4 Å². The number of allylic oxidation sites excluding steroid dienone is 2. The molecule has 0 bridgehead atoms. The molecule has 0 fully saturated rings. The maximum atomic E-state index is 11.8. The summed E-state index contributed by atoms with van der Waals surface area (Å²) in [6.07, 6.45) is 8.38. The molecule has 2 aromatic heterocycles. The Morgan fingerprint density at radius 1 is 1.50 bits per heavy atom. The highest BCUT2D eigenvalue weighted by Gasteiger charge is 2.17. The predicted octanol–water partition coefficient (Wildman–Crippen LogP) is 2.53. The molecule has 0 aliphatic rings. The summed E-state index contributed by atoms with van der Waals surface area (Å²) in [6, 6.07) is 0. The molecule has 0 atom stereocenters. The number of hydrogen-bond donors (Lipinski definition) is 1. The lowest BCUT2D eigenvalue weighted by Crippen LogP contribution is -2.07. The molecule has 0 aliphatic heterocycles. The Morgan fingerprint density at radius 3 is 2.91 bits per heavy atom. The molecule has 0 saturated heterocycles. The average molecular weight is 298 g/mol. The summed E-state index contributed by atoms with van der Waals surface area (Å²) in [5.74, 6) is 0.242. The molecule has 6 nitrogen and oxygen atoms in total. The Kier molecular flexibility index (Phi) is 4.73. The maximum absolute atomic E-state index is 11.8. The first-order valence-electron chi connectivity index (χ1n) is 6.71. The van der Waals surface area contributed by atoms with Crippen molar-refractivity contribution >= 4 is 17.3 Å². The Labute approximate surface area is 128 Å². The average Bonchev–Trinajstić information content (AvgIpc) is 2.88. The van der Waals surface area contributed by atoms with Crippen LogP contribution in [0, 0.1) is 6.92 Å². The fourth-order valence-corrected chi connectivity index (χ4v) is 2.14. The third-order valence-electron chi connectivity index (χ3n) is 3.29. The van der Waals surface area contributed by atoms with Crippen molar-refractivity contribution in [2.45, 2.75) is 6.92 Å².